The molecule has 0 heterocycles. The quantitative estimate of drug-likeness (QED) is 0.0472. The highest BCUT2D eigenvalue weighted by molar-refractivity contribution is 8.03. The third-order valence-electron chi connectivity index (χ3n) is 14.6. The topological polar surface area (TPSA) is 0 Å². The molecule has 0 aromatic heterocycles. The fourth-order valence-electron chi connectivity index (χ4n) is 10.0. The highest BCUT2D eigenvalue weighted by atomic mass is 32.2. The molecule has 0 aliphatic rings. The molecular formula is C64H121S3. The lowest BCUT2D eigenvalue weighted by atomic mass is 10.0. The third-order valence-corrected chi connectivity index (χ3v) is 18.3. The predicted octanol–water partition coefficient (Wildman–Crippen LogP) is 25.1. The van der Waals surface area contributed by atoms with Crippen LogP contribution in [0, 0.1) is 6.92 Å². The van der Waals surface area contributed by atoms with Crippen LogP contribution in [0.4, 0.5) is 0 Å². The summed E-state index contributed by atoms with van der Waals surface area (Å²) in [4.78, 5) is 4.66. The van der Waals surface area contributed by atoms with E-state index in [-0.39, 0.29) is 0 Å². The van der Waals surface area contributed by atoms with Gasteiger partial charge in [0.2, 0.25) is 0 Å². The van der Waals surface area contributed by atoms with Gasteiger partial charge in [-0.05, 0) is 61.1 Å². The van der Waals surface area contributed by atoms with Crippen molar-refractivity contribution in [1.82, 2.24) is 0 Å². The molecule has 0 atom stereocenters. The number of benzene rings is 1. The molecule has 395 valence electrons. The zero-order chi connectivity index (χ0) is 48.0. The van der Waals surface area contributed by atoms with Crippen LogP contribution in [-0.4, -0.2) is 17.3 Å². The summed E-state index contributed by atoms with van der Waals surface area (Å²) in [7, 11) is 0. The van der Waals surface area contributed by atoms with E-state index in [1.807, 2.05) is 0 Å². The van der Waals surface area contributed by atoms with Crippen LogP contribution >= 0.6 is 35.3 Å². The van der Waals surface area contributed by atoms with Crippen LogP contribution in [0.5, 0.6) is 0 Å². The minimum atomic E-state index is 1.22. The molecule has 0 bridgehead atoms. The maximum absolute atomic E-state index is 4.49. The molecule has 0 nitrogen and oxygen atoms in total. The van der Waals surface area contributed by atoms with Gasteiger partial charge < -0.3 is 0 Å². The summed E-state index contributed by atoms with van der Waals surface area (Å²) in [5.74, 6) is 3.80. The molecule has 0 spiro atoms. The zero-order valence-electron chi connectivity index (χ0n) is 46.3. The molecule has 67 heavy (non-hydrogen) atoms. The minimum Gasteiger partial charge on any atom is -0.125 e. The standard InChI is InChI=1S/C64H121S3/c1-5-8-11-14-17-20-23-26-29-32-35-38-41-44-47-50-53-56-65-62-59-61(4)60-63(66-57-54-51-48-45-42-39-36-33-30-27-24-21-18-15-12-9-6-2)64(62)67-58-55-52-49-46-43-40-37-34-31-28-25-22-19-16-13-10-7-3/h59-60H,4-58H2,1-3H3. The van der Waals surface area contributed by atoms with Crippen molar-refractivity contribution < 1.29 is 0 Å². The monoisotopic (exact) mass is 986 g/mol. The van der Waals surface area contributed by atoms with Crippen molar-refractivity contribution in [2.45, 2.75) is 363 Å². The number of hydrogen-bond acceptors (Lipinski definition) is 3. The van der Waals surface area contributed by atoms with E-state index in [2.05, 4.69) is 75.1 Å². The Balaban J connectivity index is 2.34. The van der Waals surface area contributed by atoms with Gasteiger partial charge in [0.25, 0.3) is 0 Å². The molecular weight excluding hydrogens is 865 g/mol. The van der Waals surface area contributed by atoms with Gasteiger partial charge in [-0.1, -0.05) is 329 Å². The average Bonchev–Trinajstić information content (AvgIpc) is 3.33. The Bertz CT molecular complexity index is 1020. The summed E-state index contributed by atoms with van der Waals surface area (Å²) in [5.41, 5.74) is 1.22. The fourth-order valence-corrected chi connectivity index (χ4v) is 13.8. The number of thioether (sulfide) groups is 3. The Morgan fingerprint density at radius 1 is 0.239 bits per heavy atom. The molecule has 0 aliphatic heterocycles. The van der Waals surface area contributed by atoms with E-state index in [1.165, 1.54) is 360 Å². The van der Waals surface area contributed by atoms with Gasteiger partial charge in [0.1, 0.15) is 0 Å². The van der Waals surface area contributed by atoms with E-state index in [1.54, 1.807) is 4.90 Å². The van der Waals surface area contributed by atoms with Crippen LogP contribution in [0.15, 0.2) is 26.8 Å². The second-order valence-electron chi connectivity index (χ2n) is 21.4. The van der Waals surface area contributed by atoms with Crippen LogP contribution < -0.4 is 0 Å². The molecule has 1 aromatic rings. The smallest absolute Gasteiger partial charge is 0.0344 e. The van der Waals surface area contributed by atoms with E-state index in [9.17, 15) is 0 Å². The first-order valence-electron chi connectivity index (χ1n) is 31.1. The molecule has 1 rings (SSSR count). The Hall–Kier alpha value is 0.270. The number of unbranched alkanes of at least 4 members (excludes halogenated alkanes) is 48. The zero-order valence-corrected chi connectivity index (χ0v) is 48.7. The largest absolute Gasteiger partial charge is 0.125 e. The summed E-state index contributed by atoms with van der Waals surface area (Å²) in [6, 6.07) is 4.85. The van der Waals surface area contributed by atoms with Gasteiger partial charge in [-0.25, -0.2) is 0 Å². The molecule has 0 saturated heterocycles. The summed E-state index contributed by atoms with van der Waals surface area (Å²) < 4.78 is 0. The van der Waals surface area contributed by atoms with Crippen LogP contribution in [-0.2, 0) is 0 Å². The van der Waals surface area contributed by atoms with Crippen LogP contribution in [0.1, 0.15) is 354 Å². The lowest BCUT2D eigenvalue weighted by Gasteiger charge is -2.16. The first kappa shape index (κ1) is 65.3. The second kappa shape index (κ2) is 55.6. The summed E-state index contributed by atoms with van der Waals surface area (Å²) in [5, 5.41) is 0. The number of rotatable bonds is 57. The Morgan fingerprint density at radius 2 is 0.403 bits per heavy atom. The Labute approximate surface area is 437 Å². The van der Waals surface area contributed by atoms with Crippen LogP contribution in [0.25, 0.3) is 0 Å². The lowest BCUT2D eigenvalue weighted by Crippen LogP contribution is -1.92. The highest BCUT2D eigenvalue weighted by Gasteiger charge is 2.13. The third kappa shape index (κ3) is 47.1. The van der Waals surface area contributed by atoms with Crippen LogP contribution in [0.2, 0.25) is 0 Å². The van der Waals surface area contributed by atoms with Gasteiger partial charge in [-0.3, -0.25) is 0 Å². The van der Waals surface area contributed by atoms with Gasteiger partial charge in [0, 0.05) is 14.7 Å². The maximum atomic E-state index is 4.49. The Kier molecular flexibility index (Phi) is 54.2. The molecule has 0 unspecified atom stereocenters. The number of hydrogen-bond donors (Lipinski definition) is 0. The van der Waals surface area contributed by atoms with Gasteiger partial charge in [-0.2, -0.15) is 0 Å². The minimum absolute atomic E-state index is 1.22. The normalized spacial score (nSPS) is 11.7. The van der Waals surface area contributed by atoms with Gasteiger partial charge in [-0.15, -0.1) is 35.3 Å². The van der Waals surface area contributed by atoms with E-state index in [0.717, 1.165) is 0 Å². The maximum Gasteiger partial charge on any atom is 0.0344 e. The van der Waals surface area contributed by atoms with E-state index < -0.39 is 0 Å². The summed E-state index contributed by atoms with van der Waals surface area (Å²) in [6.45, 7) is 11.4. The van der Waals surface area contributed by atoms with Crippen molar-refractivity contribution >= 4 is 35.3 Å². The molecule has 0 aliphatic carbocycles. The molecule has 1 radical (unpaired) electrons. The van der Waals surface area contributed by atoms with E-state index in [0.29, 0.717) is 0 Å². The molecule has 0 amide bonds. The summed E-state index contributed by atoms with van der Waals surface area (Å²) >= 11 is 6.47. The van der Waals surface area contributed by atoms with E-state index in [4.69, 9.17) is 0 Å². The molecule has 0 saturated carbocycles. The second-order valence-corrected chi connectivity index (χ2v) is 24.8. The molecule has 3 heteroatoms. The van der Waals surface area contributed by atoms with Gasteiger partial charge in [0.05, 0.1) is 0 Å². The fraction of sp³-hybridized carbons (Fsp3) is 0.891. The van der Waals surface area contributed by atoms with Crippen molar-refractivity contribution in [3.63, 3.8) is 0 Å². The van der Waals surface area contributed by atoms with Gasteiger partial charge in [0.15, 0.2) is 0 Å². The van der Waals surface area contributed by atoms with Crippen molar-refractivity contribution in [3.8, 4) is 0 Å². The highest BCUT2D eigenvalue weighted by Crippen LogP contribution is 2.41. The van der Waals surface area contributed by atoms with Crippen molar-refractivity contribution in [2.75, 3.05) is 17.3 Å². The Morgan fingerprint density at radius 3 is 0.597 bits per heavy atom. The van der Waals surface area contributed by atoms with E-state index >= 15 is 0 Å². The van der Waals surface area contributed by atoms with Gasteiger partial charge >= 0.3 is 0 Å². The van der Waals surface area contributed by atoms with Crippen molar-refractivity contribution in [2.24, 2.45) is 0 Å². The molecule has 0 fully saturated rings. The van der Waals surface area contributed by atoms with Crippen molar-refractivity contribution in [3.05, 3.63) is 24.6 Å². The molecule has 1 aromatic carbocycles. The molecule has 0 N–H and O–H groups in total. The summed E-state index contributed by atoms with van der Waals surface area (Å²) in [6.07, 6.45) is 73.7. The SMILES string of the molecule is [CH2]c1cc(SCCCCCCCCCCCCCCCCCCC)c(SCCCCCCCCCCCCCCCCCCC)c(SCCCCCCCCCCCCCCCCCCC)c1. The first-order valence-corrected chi connectivity index (χ1v) is 34.1. The average molecular weight is 987 g/mol. The predicted molar refractivity (Wildman–Crippen MR) is 316 cm³/mol. The van der Waals surface area contributed by atoms with Crippen molar-refractivity contribution in [1.29, 1.82) is 0 Å². The lowest BCUT2D eigenvalue weighted by molar-refractivity contribution is 0.529. The first-order chi connectivity index (χ1) is 33.2. The van der Waals surface area contributed by atoms with Crippen LogP contribution in [0.3, 0.4) is 0 Å².